The molecule has 0 aliphatic heterocycles. The summed E-state index contributed by atoms with van der Waals surface area (Å²) in [5.74, 6) is -0.0886. The number of sulfonamides is 1. The monoisotopic (exact) mass is 555 g/mol. The van der Waals surface area contributed by atoms with Gasteiger partial charge in [0.1, 0.15) is 6.54 Å². The number of hydrogen-bond acceptors (Lipinski definition) is 8. The van der Waals surface area contributed by atoms with E-state index < -0.39 is 21.9 Å². The lowest BCUT2D eigenvalue weighted by Gasteiger charge is -2.09. The Labute approximate surface area is 223 Å². The summed E-state index contributed by atoms with van der Waals surface area (Å²) in [7, 11) is -0.747. The molecule has 10 nitrogen and oxygen atoms in total. The Morgan fingerprint density at radius 1 is 0.974 bits per heavy atom. The summed E-state index contributed by atoms with van der Waals surface area (Å²) in [6.07, 6.45) is 0. The Morgan fingerprint density at radius 2 is 1.63 bits per heavy atom. The van der Waals surface area contributed by atoms with E-state index in [2.05, 4.69) is 9.71 Å². The van der Waals surface area contributed by atoms with Crippen molar-refractivity contribution in [2.75, 3.05) is 25.5 Å². The first kappa shape index (κ1) is 26.9. The Hall–Kier alpha value is -4.16. The van der Waals surface area contributed by atoms with E-state index in [1.807, 2.05) is 0 Å². The molecule has 0 spiro atoms. The van der Waals surface area contributed by atoms with Gasteiger partial charge in [-0.1, -0.05) is 29.5 Å². The van der Waals surface area contributed by atoms with Crippen molar-refractivity contribution in [2.45, 2.75) is 18.4 Å². The molecule has 0 saturated heterocycles. The van der Waals surface area contributed by atoms with Crippen molar-refractivity contribution in [3.63, 3.8) is 0 Å². The first-order chi connectivity index (χ1) is 18.2. The van der Waals surface area contributed by atoms with Crippen LogP contribution in [0.15, 0.2) is 76.6 Å². The van der Waals surface area contributed by atoms with Gasteiger partial charge in [0.15, 0.2) is 16.3 Å². The standard InChI is InChI=1S/C26H25N3O7S2/c1-4-36-24(30)16-29-20-14-21(34-2)22(35-3)15-23(20)37-26(29)27-25(31)17-10-12-18(13-11-17)28-38(32,33)19-8-6-5-7-9-19/h5-15,28H,4,16H2,1-3H3. The van der Waals surface area contributed by atoms with Crippen LogP contribution in [0.3, 0.4) is 0 Å². The first-order valence-electron chi connectivity index (χ1n) is 11.4. The predicted octanol–water partition coefficient (Wildman–Crippen LogP) is 3.83. The molecule has 0 atom stereocenters. The number of aromatic nitrogens is 1. The molecule has 1 heterocycles. The Morgan fingerprint density at radius 3 is 2.26 bits per heavy atom. The van der Waals surface area contributed by atoms with Crippen LogP contribution in [0.25, 0.3) is 10.2 Å². The van der Waals surface area contributed by atoms with Crippen LogP contribution in [-0.4, -0.2) is 45.7 Å². The molecular formula is C26H25N3O7S2. The maximum atomic E-state index is 13.0. The van der Waals surface area contributed by atoms with Crippen molar-refractivity contribution < 1.29 is 32.2 Å². The van der Waals surface area contributed by atoms with Crippen molar-refractivity contribution in [3.05, 3.63) is 77.1 Å². The summed E-state index contributed by atoms with van der Waals surface area (Å²) < 4.78 is 45.8. The second-order valence-corrected chi connectivity index (χ2v) is 10.6. The van der Waals surface area contributed by atoms with E-state index in [1.165, 1.54) is 62.0 Å². The summed E-state index contributed by atoms with van der Waals surface area (Å²) in [4.78, 5) is 30.0. The second-order valence-electron chi connectivity index (χ2n) is 7.86. The zero-order valence-electron chi connectivity index (χ0n) is 20.8. The van der Waals surface area contributed by atoms with Crippen molar-refractivity contribution in [2.24, 2.45) is 4.99 Å². The summed E-state index contributed by atoms with van der Waals surface area (Å²) >= 11 is 1.20. The number of nitrogens with zero attached hydrogens (tertiary/aromatic N) is 2. The van der Waals surface area contributed by atoms with Crippen molar-refractivity contribution in [1.29, 1.82) is 0 Å². The fourth-order valence-electron chi connectivity index (χ4n) is 3.62. The normalized spacial score (nSPS) is 11.8. The van der Waals surface area contributed by atoms with E-state index in [9.17, 15) is 18.0 Å². The lowest BCUT2D eigenvalue weighted by atomic mass is 10.2. The van der Waals surface area contributed by atoms with E-state index in [0.29, 0.717) is 22.7 Å². The van der Waals surface area contributed by atoms with Gasteiger partial charge in [-0.2, -0.15) is 4.99 Å². The van der Waals surface area contributed by atoms with E-state index in [0.717, 1.165) is 4.70 Å². The van der Waals surface area contributed by atoms with Gasteiger partial charge in [0.05, 0.1) is 35.9 Å². The van der Waals surface area contributed by atoms with Crippen molar-refractivity contribution in [1.82, 2.24) is 4.57 Å². The van der Waals surface area contributed by atoms with E-state index in [1.54, 1.807) is 41.8 Å². The van der Waals surface area contributed by atoms with Crippen molar-refractivity contribution >= 4 is 49.1 Å². The predicted molar refractivity (Wildman–Crippen MR) is 143 cm³/mol. The molecular weight excluding hydrogens is 530 g/mol. The highest BCUT2D eigenvalue weighted by Crippen LogP contribution is 2.33. The molecule has 3 aromatic carbocycles. The zero-order chi connectivity index (χ0) is 27.3. The number of amides is 1. The van der Waals surface area contributed by atoms with Gasteiger partial charge in [0, 0.05) is 23.4 Å². The van der Waals surface area contributed by atoms with Crippen LogP contribution in [0.1, 0.15) is 17.3 Å². The highest BCUT2D eigenvalue weighted by atomic mass is 32.2. The van der Waals surface area contributed by atoms with E-state index in [4.69, 9.17) is 14.2 Å². The molecule has 0 bridgehead atoms. The van der Waals surface area contributed by atoms with Crippen LogP contribution in [0.4, 0.5) is 5.69 Å². The average Bonchev–Trinajstić information content (AvgIpc) is 3.23. The molecule has 1 amide bonds. The molecule has 198 valence electrons. The van der Waals surface area contributed by atoms with Crippen LogP contribution in [0.5, 0.6) is 11.5 Å². The van der Waals surface area contributed by atoms with Crippen LogP contribution in [0, 0.1) is 0 Å². The molecule has 0 radical (unpaired) electrons. The smallest absolute Gasteiger partial charge is 0.326 e. The molecule has 0 unspecified atom stereocenters. The van der Waals surface area contributed by atoms with Gasteiger partial charge >= 0.3 is 5.97 Å². The summed E-state index contributed by atoms with van der Waals surface area (Å²) in [6.45, 7) is 1.76. The maximum Gasteiger partial charge on any atom is 0.326 e. The molecule has 12 heteroatoms. The van der Waals surface area contributed by atoms with Crippen molar-refractivity contribution in [3.8, 4) is 11.5 Å². The van der Waals surface area contributed by atoms with Crippen LogP contribution >= 0.6 is 11.3 Å². The summed E-state index contributed by atoms with van der Waals surface area (Å²) in [5, 5.41) is 0. The highest BCUT2D eigenvalue weighted by Gasteiger charge is 2.17. The SMILES string of the molecule is CCOC(=O)Cn1c(=NC(=O)c2ccc(NS(=O)(=O)c3ccccc3)cc2)sc2cc(OC)c(OC)cc21. The topological polar surface area (TPSA) is 125 Å². The quantitative estimate of drug-likeness (QED) is 0.311. The van der Waals surface area contributed by atoms with Crippen LogP contribution < -0.4 is 19.0 Å². The highest BCUT2D eigenvalue weighted by molar-refractivity contribution is 7.92. The number of ether oxygens (including phenoxy) is 3. The zero-order valence-corrected chi connectivity index (χ0v) is 22.5. The average molecular weight is 556 g/mol. The minimum absolute atomic E-state index is 0.124. The number of benzene rings is 3. The largest absolute Gasteiger partial charge is 0.493 e. The number of fused-ring (bicyclic) bond motifs is 1. The summed E-state index contributed by atoms with van der Waals surface area (Å²) in [6, 6.07) is 17.3. The molecule has 1 N–H and O–H groups in total. The molecule has 0 fully saturated rings. The molecule has 4 rings (SSSR count). The minimum atomic E-state index is -3.77. The number of carbonyl (C=O) groups is 2. The number of thiazole rings is 1. The van der Waals surface area contributed by atoms with Gasteiger partial charge in [-0.05, 0) is 43.3 Å². The molecule has 4 aromatic rings. The number of esters is 1. The number of carbonyl (C=O) groups excluding carboxylic acids is 2. The molecule has 1 aromatic heterocycles. The fourth-order valence-corrected chi connectivity index (χ4v) is 5.73. The molecule has 0 aliphatic rings. The molecule has 0 saturated carbocycles. The molecule has 38 heavy (non-hydrogen) atoms. The third-order valence-electron chi connectivity index (χ3n) is 5.42. The Bertz CT molecular complexity index is 1640. The van der Waals surface area contributed by atoms with Gasteiger partial charge < -0.3 is 18.8 Å². The maximum absolute atomic E-state index is 13.0. The van der Waals surface area contributed by atoms with Crippen LogP contribution in [-0.2, 0) is 26.1 Å². The lowest BCUT2D eigenvalue weighted by molar-refractivity contribution is -0.143. The summed E-state index contributed by atoms with van der Waals surface area (Å²) in [5.41, 5.74) is 1.16. The fraction of sp³-hybridized carbons (Fsp3) is 0.192. The number of methoxy groups -OCH3 is 2. The first-order valence-corrected chi connectivity index (χ1v) is 13.7. The molecule has 0 aliphatic carbocycles. The second kappa shape index (κ2) is 11.5. The number of hydrogen-bond donors (Lipinski definition) is 1. The van der Waals surface area contributed by atoms with Gasteiger partial charge in [0.25, 0.3) is 15.9 Å². The Balaban J connectivity index is 1.68. The van der Waals surface area contributed by atoms with Gasteiger partial charge in [-0.25, -0.2) is 8.42 Å². The third-order valence-corrected chi connectivity index (χ3v) is 7.85. The lowest BCUT2D eigenvalue weighted by Crippen LogP contribution is -2.23. The third kappa shape index (κ3) is 5.87. The number of anilines is 1. The van der Waals surface area contributed by atoms with Crippen LogP contribution in [0.2, 0.25) is 0 Å². The minimum Gasteiger partial charge on any atom is -0.493 e. The van der Waals surface area contributed by atoms with Gasteiger partial charge in [0.2, 0.25) is 0 Å². The number of rotatable bonds is 9. The van der Waals surface area contributed by atoms with Gasteiger partial charge in [-0.15, -0.1) is 0 Å². The number of nitrogens with one attached hydrogen (secondary N) is 1. The van der Waals surface area contributed by atoms with E-state index in [-0.39, 0.29) is 28.4 Å². The van der Waals surface area contributed by atoms with Gasteiger partial charge in [-0.3, -0.25) is 14.3 Å². The van der Waals surface area contributed by atoms with E-state index >= 15 is 0 Å². The Kier molecular flexibility index (Phi) is 8.13.